The summed E-state index contributed by atoms with van der Waals surface area (Å²) in [5.74, 6) is 1.36. The molecule has 126 valence electrons. The fourth-order valence-electron chi connectivity index (χ4n) is 3.69. The van der Waals surface area contributed by atoms with E-state index in [0.29, 0.717) is 30.7 Å². The third kappa shape index (κ3) is 3.86. The lowest BCUT2D eigenvalue weighted by molar-refractivity contribution is 0.0681. The lowest BCUT2D eigenvalue weighted by atomic mass is 9.98. The molecule has 2 fully saturated rings. The number of carbonyl (C=O) groups excluding carboxylic acids is 1. The van der Waals surface area contributed by atoms with Crippen molar-refractivity contribution in [1.82, 2.24) is 10.2 Å². The Labute approximate surface area is 139 Å². The van der Waals surface area contributed by atoms with E-state index in [1.807, 2.05) is 36.2 Å². The molecule has 0 aliphatic carbocycles. The minimum Gasteiger partial charge on any atom is -0.493 e. The van der Waals surface area contributed by atoms with E-state index in [0.717, 1.165) is 24.2 Å². The van der Waals surface area contributed by atoms with Gasteiger partial charge in [0.15, 0.2) is 0 Å². The van der Waals surface area contributed by atoms with Crippen molar-refractivity contribution in [2.45, 2.75) is 57.7 Å². The number of benzene rings is 1. The second-order valence-electron chi connectivity index (χ2n) is 7.41. The molecule has 2 saturated heterocycles. The van der Waals surface area contributed by atoms with Crippen molar-refractivity contribution in [2.24, 2.45) is 5.92 Å². The topological polar surface area (TPSA) is 41.6 Å². The van der Waals surface area contributed by atoms with Gasteiger partial charge in [0, 0.05) is 30.7 Å². The highest BCUT2D eigenvalue weighted by Gasteiger charge is 2.36. The van der Waals surface area contributed by atoms with Gasteiger partial charge in [-0.25, -0.2) is 0 Å². The van der Waals surface area contributed by atoms with E-state index in [4.69, 9.17) is 4.74 Å². The van der Waals surface area contributed by atoms with Crippen molar-refractivity contribution in [3.8, 4) is 5.75 Å². The third-order valence-corrected chi connectivity index (χ3v) is 4.98. The first-order valence-electron chi connectivity index (χ1n) is 8.79. The summed E-state index contributed by atoms with van der Waals surface area (Å²) in [6.07, 6.45) is 4.65. The van der Waals surface area contributed by atoms with Gasteiger partial charge in [0.25, 0.3) is 5.91 Å². The maximum absolute atomic E-state index is 12.8. The molecule has 3 rings (SSSR count). The van der Waals surface area contributed by atoms with Crippen LogP contribution in [-0.4, -0.2) is 42.6 Å². The molecule has 0 spiro atoms. The van der Waals surface area contributed by atoms with E-state index >= 15 is 0 Å². The molecule has 0 aromatic heterocycles. The van der Waals surface area contributed by atoms with Crippen LogP contribution in [-0.2, 0) is 0 Å². The summed E-state index contributed by atoms with van der Waals surface area (Å²) >= 11 is 0. The van der Waals surface area contributed by atoms with Gasteiger partial charge < -0.3 is 15.0 Å². The highest BCUT2D eigenvalue weighted by molar-refractivity contribution is 5.94. The zero-order chi connectivity index (χ0) is 16.4. The van der Waals surface area contributed by atoms with Crippen molar-refractivity contribution >= 4 is 5.91 Å². The van der Waals surface area contributed by atoms with E-state index in [2.05, 4.69) is 19.2 Å². The third-order valence-electron chi connectivity index (χ3n) is 4.98. The first-order chi connectivity index (χ1) is 11.0. The van der Waals surface area contributed by atoms with Crippen molar-refractivity contribution < 1.29 is 9.53 Å². The molecule has 1 N–H and O–H groups in total. The Bertz CT molecular complexity index is 546. The van der Waals surface area contributed by atoms with Gasteiger partial charge in [-0.2, -0.15) is 0 Å². The average Bonchev–Trinajstić information content (AvgIpc) is 2.90. The summed E-state index contributed by atoms with van der Waals surface area (Å²) in [6, 6.07) is 9.12. The quantitative estimate of drug-likeness (QED) is 0.907. The Balaban J connectivity index is 1.66. The Hall–Kier alpha value is -1.55. The van der Waals surface area contributed by atoms with Gasteiger partial charge in [0.2, 0.25) is 0 Å². The summed E-state index contributed by atoms with van der Waals surface area (Å²) in [5, 5.41) is 3.63. The van der Waals surface area contributed by atoms with Crippen LogP contribution in [0.3, 0.4) is 0 Å². The van der Waals surface area contributed by atoms with Crippen LogP contribution in [0.1, 0.15) is 49.9 Å². The number of ether oxygens (including phenoxy) is 1. The number of piperidine rings is 1. The molecule has 1 aromatic rings. The number of fused-ring (bicyclic) bond motifs is 2. The first kappa shape index (κ1) is 16.3. The minimum absolute atomic E-state index is 0.103. The monoisotopic (exact) mass is 316 g/mol. The number of hydrogen-bond donors (Lipinski definition) is 1. The van der Waals surface area contributed by atoms with Gasteiger partial charge in [-0.3, -0.25) is 4.79 Å². The summed E-state index contributed by atoms with van der Waals surface area (Å²) in [4.78, 5) is 14.8. The van der Waals surface area contributed by atoms with Crippen LogP contribution < -0.4 is 10.1 Å². The lowest BCUT2D eigenvalue weighted by Crippen LogP contribution is -2.48. The number of nitrogens with zero attached hydrogens (tertiary/aromatic N) is 1. The van der Waals surface area contributed by atoms with Crippen LogP contribution >= 0.6 is 0 Å². The maximum Gasteiger partial charge on any atom is 0.253 e. The van der Waals surface area contributed by atoms with Crippen molar-refractivity contribution in [1.29, 1.82) is 0 Å². The number of rotatable bonds is 5. The summed E-state index contributed by atoms with van der Waals surface area (Å²) in [6.45, 7) is 4.91. The molecule has 2 heterocycles. The van der Waals surface area contributed by atoms with Crippen molar-refractivity contribution in [2.75, 3.05) is 13.7 Å². The van der Waals surface area contributed by atoms with Crippen LogP contribution in [0.15, 0.2) is 24.3 Å². The number of nitrogens with one attached hydrogen (secondary N) is 1. The Kier molecular flexibility index (Phi) is 4.90. The molecular formula is C19H28N2O2. The van der Waals surface area contributed by atoms with Crippen molar-refractivity contribution in [3.63, 3.8) is 0 Å². The van der Waals surface area contributed by atoms with E-state index in [1.54, 1.807) is 0 Å². The summed E-state index contributed by atoms with van der Waals surface area (Å²) in [7, 11) is 1.94. The molecule has 1 aromatic carbocycles. The zero-order valence-electron chi connectivity index (χ0n) is 14.4. The predicted molar refractivity (Wildman–Crippen MR) is 91.8 cm³/mol. The first-order valence-corrected chi connectivity index (χ1v) is 8.79. The molecule has 23 heavy (non-hydrogen) atoms. The van der Waals surface area contributed by atoms with Crippen LogP contribution in [0, 0.1) is 5.92 Å². The van der Waals surface area contributed by atoms with Crippen LogP contribution in [0.4, 0.5) is 0 Å². The molecule has 4 heteroatoms. The van der Waals surface area contributed by atoms with Gasteiger partial charge in [0.05, 0.1) is 6.61 Å². The standard InChI is InChI=1S/C19H28N2O2/c1-13(2)12-23-18-6-4-5-14(9-18)19(22)21(3)17-10-15-7-8-16(11-17)20-15/h4-6,9,13,15-17,20H,7-8,10-12H2,1-3H3. The number of amides is 1. The zero-order valence-corrected chi connectivity index (χ0v) is 14.4. The van der Waals surface area contributed by atoms with Gasteiger partial charge >= 0.3 is 0 Å². The number of carbonyl (C=O) groups is 1. The lowest BCUT2D eigenvalue weighted by Gasteiger charge is -2.35. The van der Waals surface area contributed by atoms with E-state index in [1.165, 1.54) is 12.8 Å². The average molecular weight is 316 g/mol. The second kappa shape index (κ2) is 6.91. The molecular weight excluding hydrogens is 288 g/mol. The van der Waals surface area contributed by atoms with Gasteiger partial charge in [-0.05, 0) is 49.8 Å². The largest absolute Gasteiger partial charge is 0.493 e. The molecule has 2 aliphatic rings. The van der Waals surface area contributed by atoms with Crippen LogP contribution in [0.25, 0.3) is 0 Å². The fourth-order valence-corrected chi connectivity index (χ4v) is 3.69. The molecule has 2 aliphatic heterocycles. The SMILES string of the molecule is CC(C)COc1cccc(C(=O)N(C)C2CC3CCC(C2)N3)c1. The number of hydrogen-bond acceptors (Lipinski definition) is 3. The van der Waals surface area contributed by atoms with E-state index in [9.17, 15) is 4.79 Å². The summed E-state index contributed by atoms with van der Waals surface area (Å²) in [5.41, 5.74) is 0.722. The van der Waals surface area contributed by atoms with Gasteiger partial charge in [0.1, 0.15) is 5.75 Å². The van der Waals surface area contributed by atoms with E-state index < -0.39 is 0 Å². The highest BCUT2D eigenvalue weighted by Crippen LogP contribution is 2.30. The summed E-state index contributed by atoms with van der Waals surface area (Å²) < 4.78 is 5.75. The smallest absolute Gasteiger partial charge is 0.253 e. The molecule has 2 atom stereocenters. The molecule has 4 nitrogen and oxygen atoms in total. The molecule has 0 radical (unpaired) electrons. The van der Waals surface area contributed by atoms with Gasteiger partial charge in [-0.1, -0.05) is 19.9 Å². The molecule has 0 saturated carbocycles. The predicted octanol–water partition coefficient (Wildman–Crippen LogP) is 3.08. The maximum atomic E-state index is 12.8. The normalized spacial score (nSPS) is 26.3. The Morgan fingerprint density at radius 3 is 2.65 bits per heavy atom. The minimum atomic E-state index is 0.103. The van der Waals surface area contributed by atoms with Crippen molar-refractivity contribution in [3.05, 3.63) is 29.8 Å². The van der Waals surface area contributed by atoms with Gasteiger partial charge in [-0.15, -0.1) is 0 Å². The molecule has 2 unspecified atom stereocenters. The Morgan fingerprint density at radius 2 is 2.00 bits per heavy atom. The Morgan fingerprint density at radius 1 is 1.30 bits per heavy atom. The van der Waals surface area contributed by atoms with Crippen LogP contribution in [0.2, 0.25) is 0 Å². The highest BCUT2D eigenvalue weighted by atomic mass is 16.5. The van der Waals surface area contributed by atoms with Crippen LogP contribution in [0.5, 0.6) is 5.75 Å². The second-order valence-corrected chi connectivity index (χ2v) is 7.41. The fraction of sp³-hybridized carbons (Fsp3) is 0.632. The van der Waals surface area contributed by atoms with E-state index in [-0.39, 0.29) is 5.91 Å². The molecule has 1 amide bonds. The molecule has 2 bridgehead atoms.